The number of hydrogen-bond donors (Lipinski definition) is 2. The van der Waals surface area contributed by atoms with E-state index in [1.807, 2.05) is 0 Å². The summed E-state index contributed by atoms with van der Waals surface area (Å²) in [5, 5.41) is 3.90. The Morgan fingerprint density at radius 3 is 2.58 bits per heavy atom. The molecule has 1 rings (SSSR count). The second-order valence-corrected chi connectivity index (χ2v) is 4.98. The van der Waals surface area contributed by atoms with E-state index in [1.54, 1.807) is 14.2 Å². The molecule has 0 aliphatic carbocycles. The monoisotopic (exact) mass is 288 g/mol. The predicted octanol–water partition coefficient (Wildman–Crippen LogP) is 1.61. The van der Waals surface area contributed by atoms with Crippen molar-refractivity contribution in [1.29, 1.82) is 0 Å². The average Bonchev–Trinajstić information content (AvgIpc) is 2.71. The van der Waals surface area contributed by atoms with E-state index in [4.69, 9.17) is 19.9 Å². The van der Waals surface area contributed by atoms with Crippen molar-refractivity contribution < 1.29 is 19.0 Å². The third-order valence-corrected chi connectivity index (χ3v) is 3.85. The zero-order valence-electron chi connectivity index (χ0n) is 11.6. The van der Waals surface area contributed by atoms with E-state index in [1.165, 1.54) is 25.4 Å². The standard InChI is InChI=1S/C12H20N2O4S/c1-7(15)11-9(13)10(18-4)12(19-11)14-5-8(17-3)6-16-2/h8,14H,5-6,13H2,1-4H3. The largest absolute Gasteiger partial charge is 0.492 e. The van der Waals surface area contributed by atoms with Crippen LogP contribution in [-0.4, -0.2) is 46.4 Å². The molecule has 0 bridgehead atoms. The van der Waals surface area contributed by atoms with Gasteiger partial charge in [-0.25, -0.2) is 0 Å². The molecule has 7 heteroatoms. The van der Waals surface area contributed by atoms with Gasteiger partial charge in [-0.2, -0.15) is 0 Å². The maximum absolute atomic E-state index is 11.4. The Morgan fingerprint density at radius 2 is 2.11 bits per heavy atom. The molecule has 108 valence electrons. The minimum Gasteiger partial charge on any atom is -0.492 e. The Morgan fingerprint density at radius 1 is 1.42 bits per heavy atom. The number of Topliss-reactive ketones (excluding diaryl/α,β-unsaturated/α-hetero) is 1. The van der Waals surface area contributed by atoms with Crippen LogP contribution in [0.15, 0.2) is 0 Å². The van der Waals surface area contributed by atoms with Crippen molar-refractivity contribution in [1.82, 2.24) is 0 Å². The summed E-state index contributed by atoms with van der Waals surface area (Å²) in [7, 11) is 4.76. The molecule has 1 atom stereocenters. The highest BCUT2D eigenvalue weighted by Gasteiger charge is 2.20. The van der Waals surface area contributed by atoms with Crippen LogP contribution in [-0.2, 0) is 9.47 Å². The number of nitrogen functional groups attached to an aromatic ring is 1. The fourth-order valence-electron chi connectivity index (χ4n) is 1.61. The average molecular weight is 288 g/mol. The van der Waals surface area contributed by atoms with Crippen LogP contribution in [0.5, 0.6) is 5.75 Å². The van der Waals surface area contributed by atoms with Gasteiger partial charge in [0.05, 0.1) is 30.4 Å². The van der Waals surface area contributed by atoms with Crippen LogP contribution >= 0.6 is 11.3 Å². The summed E-state index contributed by atoms with van der Waals surface area (Å²) in [6.45, 7) is 2.50. The van der Waals surface area contributed by atoms with Gasteiger partial charge in [0.2, 0.25) is 0 Å². The molecule has 0 spiro atoms. The molecular formula is C12H20N2O4S. The van der Waals surface area contributed by atoms with Crippen molar-refractivity contribution in [3.05, 3.63) is 4.88 Å². The van der Waals surface area contributed by atoms with Crippen LogP contribution in [0, 0.1) is 0 Å². The van der Waals surface area contributed by atoms with Crippen LogP contribution in [0.2, 0.25) is 0 Å². The van der Waals surface area contributed by atoms with Gasteiger partial charge in [0.25, 0.3) is 0 Å². The summed E-state index contributed by atoms with van der Waals surface area (Å²) in [5.41, 5.74) is 6.26. The second kappa shape index (κ2) is 7.32. The first kappa shape index (κ1) is 15.7. The molecule has 0 amide bonds. The van der Waals surface area contributed by atoms with E-state index in [2.05, 4.69) is 5.32 Å². The number of ketones is 1. The molecule has 19 heavy (non-hydrogen) atoms. The predicted molar refractivity (Wildman–Crippen MR) is 76.5 cm³/mol. The zero-order chi connectivity index (χ0) is 14.4. The van der Waals surface area contributed by atoms with E-state index in [9.17, 15) is 4.79 Å². The van der Waals surface area contributed by atoms with Crippen molar-refractivity contribution in [3.8, 4) is 5.75 Å². The molecule has 0 aromatic carbocycles. The summed E-state index contributed by atoms with van der Waals surface area (Å²) in [6.07, 6.45) is -0.0844. The highest BCUT2D eigenvalue weighted by Crippen LogP contribution is 2.42. The lowest BCUT2D eigenvalue weighted by atomic mass is 10.3. The van der Waals surface area contributed by atoms with Crippen LogP contribution < -0.4 is 15.8 Å². The number of methoxy groups -OCH3 is 3. The molecule has 0 fully saturated rings. The van der Waals surface area contributed by atoms with Gasteiger partial charge in [0.15, 0.2) is 11.5 Å². The number of nitrogens with one attached hydrogen (secondary N) is 1. The lowest BCUT2D eigenvalue weighted by Crippen LogP contribution is -2.26. The Hall–Kier alpha value is -1.31. The van der Waals surface area contributed by atoms with Crippen LogP contribution in [0.3, 0.4) is 0 Å². The van der Waals surface area contributed by atoms with Gasteiger partial charge in [-0.1, -0.05) is 0 Å². The molecule has 0 saturated carbocycles. The van der Waals surface area contributed by atoms with E-state index < -0.39 is 0 Å². The van der Waals surface area contributed by atoms with E-state index in [0.29, 0.717) is 29.5 Å². The van der Waals surface area contributed by atoms with Gasteiger partial charge >= 0.3 is 0 Å². The molecule has 1 unspecified atom stereocenters. The molecule has 6 nitrogen and oxygen atoms in total. The van der Waals surface area contributed by atoms with Crippen molar-refractivity contribution in [2.75, 3.05) is 45.5 Å². The molecule has 0 saturated heterocycles. The first-order chi connectivity index (χ1) is 9.04. The highest BCUT2D eigenvalue weighted by molar-refractivity contribution is 7.19. The number of anilines is 2. The third kappa shape index (κ3) is 3.82. The van der Waals surface area contributed by atoms with Crippen molar-refractivity contribution in [2.24, 2.45) is 0 Å². The fraction of sp³-hybridized carbons (Fsp3) is 0.583. The smallest absolute Gasteiger partial charge is 0.176 e. The second-order valence-electron chi connectivity index (χ2n) is 3.96. The van der Waals surface area contributed by atoms with Gasteiger partial charge in [-0.05, 0) is 0 Å². The quantitative estimate of drug-likeness (QED) is 0.707. The summed E-state index contributed by atoms with van der Waals surface area (Å²) in [4.78, 5) is 11.9. The summed E-state index contributed by atoms with van der Waals surface area (Å²) in [5.74, 6) is 0.427. The molecule has 1 aromatic rings. The number of ether oxygens (including phenoxy) is 3. The van der Waals surface area contributed by atoms with Gasteiger partial charge in [-0.15, -0.1) is 11.3 Å². The minimum atomic E-state index is -0.0844. The van der Waals surface area contributed by atoms with Gasteiger partial charge in [0.1, 0.15) is 5.00 Å². The lowest BCUT2D eigenvalue weighted by Gasteiger charge is -2.15. The van der Waals surface area contributed by atoms with Gasteiger partial charge in [0, 0.05) is 27.7 Å². The number of hydrogen-bond acceptors (Lipinski definition) is 7. The molecule has 0 radical (unpaired) electrons. The van der Waals surface area contributed by atoms with Crippen molar-refractivity contribution in [2.45, 2.75) is 13.0 Å². The minimum absolute atomic E-state index is 0.0750. The molecule has 0 aliphatic rings. The first-order valence-corrected chi connectivity index (χ1v) is 6.59. The summed E-state index contributed by atoms with van der Waals surface area (Å²) in [6, 6.07) is 0. The normalized spacial score (nSPS) is 12.2. The lowest BCUT2D eigenvalue weighted by molar-refractivity contribution is 0.0366. The molecule has 0 aliphatic heterocycles. The number of carbonyl (C=O) groups is 1. The Balaban J connectivity index is 2.83. The Bertz CT molecular complexity index is 434. The van der Waals surface area contributed by atoms with E-state index in [-0.39, 0.29) is 11.9 Å². The maximum atomic E-state index is 11.4. The maximum Gasteiger partial charge on any atom is 0.176 e. The first-order valence-electron chi connectivity index (χ1n) is 5.77. The summed E-state index contributed by atoms with van der Waals surface area (Å²) < 4.78 is 15.5. The summed E-state index contributed by atoms with van der Waals surface area (Å²) >= 11 is 1.28. The van der Waals surface area contributed by atoms with Gasteiger partial charge in [-0.3, -0.25) is 4.79 Å². The Labute approximate surface area is 116 Å². The third-order valence-electron chi connectivity index (χ3n) is 2.60. The SMILES string of the molecule is COCC(CNc1sc(C(C)=O)c(N)c1OC)OC. The van der Waals surface area contributed by atoms with Crippen molar-refractivity contribution in [3.63, 3.8) is 0 Å². The Kier molecular flexibility index (Phi) is 6.07. The van der Waals surface area contributed by atoms with Gasteiger partial charge < -0.3 is 25.3 Å². The highest BCUT2D eigenvalue weighted by atomic mass is 32.1. The van der Waals surface area contributed by atoms with E-state index >= 15 is 0 Å². The number of rotatable bonds is 8. The molecule has 1 heterocycles. The topological polar surface area (TPSA) is 82.8 Å². The zero-order valence-corrected chi connectivity index (χ0v) is 12.4. The van der Waals surface area contributed by atoms with Crippen LogP contribution in [0.25, 0.3) is 0 Å². The van der Waals surface area contributed by atoms with Crippen LogP contribution in [0.4, 0.5) is 10.7 Å². The number of thiophene rings is 1. The fourth-order valence-corrected chi connectivity index (χ4v) is 2.60. The molecule has 3 N–H and O–H groups in total. The van der Waals surface area contributed by atoms with Crippen LogP contribution in [0.1, 0.15) is 16.6 Å². The van der Waals surface area contributed by atoms with Crippen molar-refractivity contribution >= 4 is 27.8 Å². The molecular weight excluding hydrogens is 268 g/mol. The number of carbonyl (C=O) groups excluding carboxylic acids is 1. The molecule has 1 aromatic heterocycles. The number of nitrogens with two attached hydrogens (primary N) is 1. The van der Waals surface area contributed by atoms with E-state index in [0.717, 1.165) is 5.00 Å².